The molecule has 0 spiro atoms. The maximum Gasteiger partial charge on any atom is 0.233 e. The van der Waals surface area contributed by atoms with E-state index >= 15 is 0 Å². The lowest BCUT2D eigenvalue weighted by atomic mass is 9.96. The van der Waals surface area contributed by atoms with Crippen molar-refractivity contribution in [1.29, 1.82) is 0 Å². The molecule has 0 radical (unpaired) electrons. The first-order chi connectivity index (χ1) is 14.7. The minimum atomic E-state index is -0.137. The van der Waals surface area contributed by atoms with Crippen LogP contribution in [0.4, 0.5) is 0 Å². The maximum atomic E-state index is 12.6. The molecule has 1 N–H and O–H groups in total. The third-order valence-electron chi connectivity index (χ3n) is 5.57. The van der Waals surface area contributed by atoms with E-state index in [1.165, 1.54) is 5.56 Å². The summed E-state index contributed by atoms with van der Waals surface area (Å²) in [4.78, 5) is 35.4. The van der Waals surface area contributed by atoms with E-state index in [2.05, 4.69) is 27.4 Å². The molecule has 0 bridgehead atoms. The summed E-state index contributed by atoms with van der Waals surface area (Å²) in [6.45, 7) is 1.74. The Bertz CT molecular complexity index is 968. The number of amides is 2. The number of piperidine rings is 1. The minimum Gasteiger partial charge on any atom is -0.355 e. The van der Waals surface area contributed by atoms with Gasteiger partial charge < -0.3 is 10.2 Å². The third kappa shape index (κ3) is 5.03. The van der Waals surface area contributed by atoms with Gasteiger partial charge >= 0.3 is 0 Å². The van der Waals surface area contributed by atoms with Gasteiger partial charge in [0.1, 0.15) is 0 Å². The van der Waals surface area contributed by atoms with Crippen molar-refractivity contribution in [1.82, 2.24) is 24.6 Å². The molecule has 156 valence electrons. The van der Waals surface area contributed by atoms with E-state index in [1.807, 2.05) is 46.0 Å². The number of hydrogen-bond donors (Lipinski definition) is 1. The Kier molecular flexibility index (Phi) is 6.37. The number of hydrogen-bond acceptors (Lipinski definition) is 4. The van der Waals surface area contributed by atoms with E-state index in [0.717, 1.165) is 18.5 Å². The van der Waals surface area contributed by atoms with Crippen LogP contribution in [0.2, 0.25) is 0 Å². The summed E-state index contributed by atoms with van der Waals surface area (Å²) >= 11 is 0. The molecule has 7 heteroatoms. The van der Waals surface area contributed by atoms with Gasteiger partial charge in [-0.1, -0.05) is 30.3 Å². The first-order valence-electron chi connectivity index (χ1n) is 10.6. The van der Waals surface area contributed by atoms with Gasteiger partial charge in [-0.2, -0.15) is 0 Å². The smallest absolute Gasteiger partial charge is 0.233 e. The Morgan fingerprint density at radius 3 is 2.87 bits per heavy atom. The van der Waals surface area contributed by atoms with E-state index in [9.17, 15) is 9.59 Å². The fraction of sp³-hybridized carbons (Fsp3) is 0.391. The summed E-state index contributed by atoms with van der Waals surface area (Å²) in [6, 6.07) is 12.1. The van der Waals surface area contributed by atoms with Crippen LogP contribution in [-0.2, 0) is 22.4 Å². The van der Waals surface area contributed by atoms with Crippen molar-refractivity contribution in [3.8, 4) is 0 Å². The molecule has 1 saturated heterocycles. The standard InChI is InChI=1S/C23H27N5O2/c29-21-10-9-19(16-27(21)14-4-8-18-6-2-1-3-7-18)22(30)24-13-11-20-17-28-15-5-12-25-23(28)26-20/h1-3,5-7,12,15,17,19H,4,8-11,13-14,16H2,(H,24,30)/t19-/m1/s1. The summed E-state index contributed by atoms with van der Waals surface area (Å²) in [5.41, 5.74) is 2.17. The van der Waals surface area contributed by atoms with Crippen molar-refractivity contribution in [2.45, 2.75) is 32.1 Å². The number of aromatic nitrogens is 3. The summed E-state index contributed by atoms with van der Waals surface area (Å²) in [6.07, 6.45) is 9.12. The molecule has 1 fully saturated rings. The second-order valence-corrected chi connectivity index (χ2v) is 7.76. The highest BCUT2D eigenvalue weighted by atomic mass is 16.2. The number of imidazole rings is 1. The van der Waals surface area contributed by atoms with Crippen LogP contribution in [0.1, 0.15) is 30.5 Å². The summed E-state index contributed by atoms with van der Waals surface area (Å²) in [7, 11) is 0. The predicted octanol–water partition coefficient (Wildman–Crippen LogP) is 2.26. The number of nitrogens with one attached hydrogen (secondary N) is 1. The van der Waals surface area contributed by atoms with Gasteiger partial charge in [-0.25, -0.2) is 9.97 Å². The normalized spacial score (nSPS) is 16.7. The van der Waals surface area contributed by atoms with Crippen molar-refractivity contribution in [2.75, 3.05) is 19.6 Å². The molecule has 0 unspecified atom stereocenters. The summed E-state index contributed by atoms with van der Waals surface area (Å²) < 4.78 is 1.87. The van der Waals surface area contributed by atoms with Crippen LogP contribution < -0.4 is 5.32 Å². The summed E-state index contributed by atoms with van der Waals surface area (Å²) in [5.74, 6) is 0.708. The molecule has 7 nitrogen and oxygen atoms in total. The van der Waals surface area contributed by atoms with Crippen LogP contribution in [0.3, 0.4) is 0 Å². The van der Waals surface area contributed by atoms with Crippen LogP contribution in [0.25, 0.3) is 5.78 Å². The van der Waals surface area contributed by atoms with Gasteiger partial charge in [0, 0.05) is 51.1 Å². The number of rotatable bonds is 8. The monoisotopic (exact) mass is 405 g/mol. The van der Waals surface area contributed by atoms with Gasteiger partial charge in [-0.15, -0.1) is 0 Å². The quantitative estimate of drug-likeness (QED) is 0.623. The number of nitrogens with zero attached hydrogens (tertiary/aromatic N) is 4. The Hall–Kier alpha value is -3.22. The van der Waals surface area contributed by atoms with Gasteiger partial charge in [-0.05, 0) is 30.9 Å². The average Bonchev–Trinajstić information content (AvgIpc) is 3.18. The molecule has 3 heterocycles. The highest BCUT2D eigenvalue weighted by Gasteiger charge is 2.29. The van der Waals surface area contributed by atoms with E-state index in [1.54, 1.807) is 6.20 Å². The minimum absolute atomic E-state index is 0.0254. The van der Waals surface area contributed by atoms with Crippen molar-refractivity contribution in [3.63, 3.8) is 0 Å². The first kappa shape index (κ1) is 20.1. The van der Waals surface area contributed by atoms with Crippen molar-refractivity contribution >= 4 is 17.6 Å². The largest absolute Gasteiger partial charge is 0.355 e. The fourth-order valence-electron chi connectivity index (χ4n) is 3.92. The zero-order valence-electron chi connectivity index (χ0n) is 17.0. The number of aryl methyl sites for hydroxylation is 1. The SMILES string of the molecule is O=C(NCCc1cn2cccnc2n1)[C@@H]1CCC(=O)N(CCCc2ccccc2)C1. The Balaban J connectivity index is 1.22. The third-order valence-corrected chi connectivity index (χ3v) is 5.57. The van der Waals surface area contributed by atoms with E-state index in [0.29, 0.717) is 44.7 Å². The lowest BCUT2D eigenvalue weighted by Crippen LogP contribution is -2.46. The van der Waals surface area contributed by atoms with Crippen LogP contribution >= 0.6 is 0 Å². The molecular formula is C23H27N5O2. The Morgan fingerprint density at radius 2 is 2.03 bits per heavy atom. The molecule has 1 aliphatic rings. The van der Waals surface area contributed by atoms with E-state index < -0.39 is 0 Å². The zero-order chi connectivity index (χ0) is 20.8. The number of likely N-dealkylation sites (tertiary alicyclic amines) is 1. The summed E-state index contributed by atoms with van der Waals surface area (Å²) in [5, 5.41) is 3.02. The molecule has 1 atom stereocenters. The first-order valence-corrected chi connectivity index (χ1v) is 10.6. The second-order valence-electron chi connectivity index (χ2n) is 7.76. The molecule has 1 aromatic carbocycles. The van der Waals surface area contributed by atoms with Crippen molar-refractivity contribution in [3.05, 3.63) is 66.2 Å². The van der Waals surface area contributed by atoms with Gasteiger partial charge in [0.25, 0.3) is 0 Å². The Labute approximate surface area is 176 Å². The molecule has 30 heavy (non-hydrogen) atoms. The molecule has 2 amide bonds. The van der Waals surface area contributed by atoms with Crippen LogP contribution in [0.5, 0.6) is 0 Å². The number of fused-ring (bicyclic) bond motifs is 1. The Morgan fingerprint density at radius 1 is 1.17 bits per heavy atom. The zero-order valence-corrected chi connectivity index (χ0v) is 17.0. The van der Waals surface area contributed by atoms with Crippen molar-refractivity contribution in [2.24, 2.45) is 5.92 Å². The topological polar surface area (TPSA) is 79.6 Å². The fourth-order valence-corrected chi connectivity index (χ4v) is 3.92. The number of benzene rings is 1. The van der Waals surface area contributed by atoms with Crippen molar-refractivity contribution < 1.29 is 9.59 Å². The molecule has 4 rings (SSSR count). The van der Waals surface area contributed by atoms with Crippen LogP contribution in [0, 0.1) is 5.92 Å². The van der Waals surface area contributed by atoms with E-state index in [-0.39, 0.29) is 17.7 Å². The highest BCUT2D eigenvalue weighted by molar-refractivity contribution is 5.83. The number of carbonyl (C=O) groups is 2. The average molecular weight is 406 g/mol. The number of carbonyl (C=O) groups excluding carboxylic acids is 2. The van der Waals surface area contributed by atoms with Crippen LogP contribution in [-0.4, -0.2) is 50.7 Å². The maximum absolute atomic E-state index is 12.6. The van der Waals surface area contributed by atoms with Gasteiger partial charge in [0.05, 0.1) is 11.6 Å². The van der Waals surface area contributed by atoms with Crippen LogP contribution in [0.15, 0.2) is 55.0 Å². The highest BCUT2D eigenvalue weighted by Crippen LogP contribution is 2.18. The van der Waals surface area contributed by atoms with Gasteiger partial charge in [-0.3, -0.25) is 14.0 Å². The predicted molar refractivity (Wildman–Crippen MR) is 114 cm³/mol. The van der Waals surface area contributed by atoms with Gasteiger partial charge in [0.15, 0.2) is 0 Å². The second kappa shape index (κ2) is 9.52. The molecule has 1 aliphatic heterocycles. The lowest BCUT2D eigenvalue weighted by molar-refractivity contribution is -0.138. The van der Waals surface area contributed by atoms with Gasteiger partial charge in [0.2, 0.25) is 17.6 Å². The molecule has 0 aliphatic carbocycles. The molecule has 0 saturated carbocycles. The van der Waals surface area contributed by atoms with E-state index in [4.69, 9.17) is 0 Å². The lowest BCUT2D eigenvalue weighted by Gasteiger charge is -2.32. The molecule has 3 aromatic rings. The molecule has 2 aromatic heterocycles. The molecular weight excluding hydrogens is 378 g/mol.